The van der Waals surface area contributed by atoms with Crippen molar-refractivity contribution in [2.24, 2.45) is 5.14 Å². The normalized spacial score (nSPS) is 14.4. The number of aryl methyl sites for hydroxylation is 1. The summed E-state index contributed by atoms with van der Waals surface area (Å²) in [6.07, 6.45) is 2.82. The first-order valence-corrected chi connectivity index (χ1v) is 12.4. The van der Waals surface area contributed by atoms with Crippen LogP contribution in [0.1, 0.15) is 47.8 Å². The Kier molecular flexibility index (Phi) is 6.44. The topological polar surface area (TPSA) is 128 Å². The highest BCUT2D eigenvalue weighted by atomic mass is 32.2. The molecule has 1 aliphatic carbocycles. The third-order valence-electron chi connectivity index (χ3n) is 5.74. The summed E-state index contributed by atoms with van der Waals surface area (Å²) in [5.41, 5.74) is 3.41. The molecule has 9 heteroatoms. The van der Waals surface area contributed by atoms with Gasteiger partial charge in [0, 0.05) is 16.8 Å². The van der Waals surface area contributed by atoms with Crippen LogP contribution in [-0.4, -0.2) is 31.4 Å². The second-order valence-electron chi connectivity index (χ2n) is 8.00. The fourth-order valence-corrected chi connectivity index (χ4v) is 4.58. The van der Waals surface area contributed by atoms with Crippen LogP contribution in [0.4, 0.5) is 5.69 Å². The van der Waals surface area contributed by atoms with Gasteiger partial charge >= 0.3 is 5.97 Å². The average molecular weight is 468 g/mol. The number of nitrogens with two attached hydrogens (primary N) is 1. The molecule has 0 saturated carbocycles. The zero-order valence-corrected chi connectivity index (χ0v) is 19.0. The molecule has 1 aromatic heterocycles. The highest BCUT2D eigenvalue weighted by Gasteiger charge is 2.28. The molecule has 0 fully saturated rings. The highest BCUT2D eigenvalue weighted by Crippen LogP contribution is 2.30. The summed E-state index contributed by atoms with van der Waals surface area (Å²) in [5, 5.41) is 8.48. The number of pyridine rings is 1. The van der Waals surface area contributed by atoms with Gasteiger partial charge in [0.2, 0.25) is 10.0 Å². The van der Waals surface area contributed by atoms with Gasteiger partial charge in [-0.2, -0.15) is 0 Å². The molecular formula is C24H25N3O5S. The van der Waals surface area contributed by atoms with Crippen molar-refractivity contribution in [1.82, 2.24) is 4.98 Å². The molecule has 33 heavy (non-hydrogen) atoms. The van der Waals surface area contributed by atoms with Crippen LogP contribution < -0.4 is 10.5 Å². The minimum atomic E-state index is -3.83. The number of nitrogens with one attached hydrogen (secondary N) is 1. The number of ether oxygens (including phenoxy) is 1. The average Bonchev–Trinajstić information content (AvgIpc) is 2.80. The van der Waals surface area contributed by atoms with E-state index in [2.05, 4.69) is 5.32 Å². The minimum absolute atomic E-state index is 0.0618. The second kappa shape index (κ2) is 9.29. The molecule has 1 heterocycles. The number of para-hydroxylation sites is 1. The van der Waals surface area contributed by atoms with Crippen molar-refractivity contribution in [2.75, 3.05) is 5.32 Å². The molecule has 3 N–H and O–H groups in total. The number of sulfonamides is 1. The molecule has 0 aliphatic heterocycles. The summed E-state index contributed by atoms with van der Waals surface area (Å²) in [6, 6.07) is 12.9. The second-order valence-corrected chi connectivity index (χ2v) is 9.56. The number of esters is 1. The van der Waals surface area contributed by atoms with Crippen LogP contribution in [0, 0.1) is 0 Å². The van der Waals surface area contributed by atoms with Gasteiger partial charge < -0.3 is 10.1 Å². The van der Waals surface area contributed by atoms with Gasteiger partial charge in [-0.3, -0.25) is 9.78 Å². The Bertz CT molecular complexity index is 1320. The third kappa shape index (κ3) is 4.89. The number of primary sulfonamides is 1. The maximum Gasteiger partial charge on any atom is 0.339 e. The molecule has 1 amide bonds. The largest absolute Gasteiger partial charge is 0.449 e. The van der Waals surface area contributed by atoms with Gasteiger partial charge in [-0.15, -0.1) is 0 Å². The Morgan fingerprint density at radius 3 is 2.48 bits per heavy atom. The fourth-order valence-electron chi connectivity index (χ4n) is 4.07. The zero-order valence-electron chi connectivity index (χ0n) is 18.2. The van der Waals surface area contributed by atoms with E-state index in [0.717, 1.165) is 47.8 Å². The number of aromatic nitrogens is 1. The molecule has 0 spiro atoms. The lowest BCUT2D eigenvalue weighted by molar-refractivity contribution is -0.124. The van der Waals surface area contributed by atoms with Crippen LogP contribution in [0.5, 0.6) is 0 Å². The lowest BCUT2D eigenvalue weighted by Crippen LogP contribution is -2.32. The van der Waals surface area contributed by atoms with Gasteiger partial charge in [-0.1, -0.05) is 25.1 Å². The number of fused-ring (bicyclic) bond motifs is 2. The quantitative estimate of drug-likeness (QED) is 0.535. The number of rotatable bonds is 6. The van der Waals surface area contributed by atoms with E-state index >= 15 is 0 Å². The predicted molar refractivity (Wildman–Crippen MR) is 124 cm³/mol. The zero-order chi connectivity index (χ0) is 23.6. The van der Waals surface area contributed by atoms with Crippen molar-refractivity contribution in [3.05, 3.63) is 65.4 Å². The van der Waals surface area contributed by atoms with Crippen LogP contribution >= 0.6 is 0 Å². The Balaban J connectivity index is 1.57. The SMILES string of the molecule is CC[C@H](OC(=O)c1c2c(nc3ccccc13)CCCC2)C(=O)Nc1ccc(S(N)(=O)=O)cc1. The number of hydrogen-bond acceptors (Lipinski definition) is 6. The Morgan fingerprint density at radius 2 is 1.79 bits per heavy atom. The van der Waals surface area contributed by atoms with Crippen LogP contribution in [-0.2, 0) is 32.4 Å². The summed E-state index contributed by atoms with van der Waals surface area (Å²) in [4.78, 5) is 30.8. The Hall–Kier alpha value is -3.30. The number of anilines is 1. The lowest BCUT2D eigenvalue weighted by Gasteiger charge is -2.22. The van der Waals surface area contributed by atoms with Crippen molar-refractivity contribution in [2.45, 2.75) is 50.0 Å². The molecule has 4 rings (SSSR count). The first-order chi connectivity index (χ1) is 15.8. The van der Waals surface area contributed by atoms with Crippen LogP contribution in [0.2, 0.25) is 0 Å². The Morgan fingerprint density at radius 1 is 1.09 bits per heavy atom. The monoisotopic (exact) mass is 467 g/mol. The van der Waals surface area contributed by atoms with E-state index in [-0.39, 0.29) is 11.3 Å². The molecule has 1 atom stereocenters. The van der Waals surface area contributed by atoms with Crippen molar-refractivity contribution < 1.29 is 22.7 Å². The van der Waals surface area contributed by atoms with Crippen molar-refractivity contribution >= 4 is 38.5 Å². The fraction of sp³-hybridized carbons (Fsp3) is 0.292. The van der Waals surface area contributed by atoms with Crippen LogP contribution in [0.15, 0.2) is 53.4 Å². The van der Waals surface area contributed by atoms with Gasteiger partial charge in [-0.25, -0.2) is 18.4 Å². The van der Waals surface area contributed by atoms with E-state index < -0.39 is 28.0 Å². The van der Waals surface area contributed by atoms with Crippen molar-refractivity contribution in [3.8, 4) is 0 Å². The maximum absolute atomic E-state index is 13.3. The first kappa shape index (κ1) is 22.9. The van der Waals surface area contributed by atoms with Gasteiger partial charge in [0.05, 0.1) is 16.0 Å². The molecule has 0 saturated heterocycles. The molecule has 2 aromatic carbocycles. The predicted octanol–water partition coefficient (Wildman–Crippen LogP) is 3.34. The van der Waals surface area contributed by atoms with Gasteiger partial charge in [0.25, 0.3) is 5.91 Å². The number of hydrogen-bond donors (Lipinski definition) is 2. The van der Waals surface area contributed by atoms with Gasteiger partial charge in [0.15, 0.2) is 6.10 Å². The number of amides is 1. The van der Waals surface area contributed by atoms with E-state index in [1.807, 2.05) is 24.3 Å². The van der Waals surface area contributed by atoms with E-state index in [9.17, 15) is 18.0 Å². The standard InChI is InChI=1S/C24H25N3O5S/c1-2-21(23(28)26-15-11-13-16(14-12-15)33(25,30)31)32-24(29)22-17-7-3-5-9-19(17)27-20-10-6-4-8-18(20)22/h3,5,7,9,11-14,21H,2,4,6,8,10H2,1H3,(H,26,28)(H2,25,30,31)/t21-/m0/s1. The number of benzene rings is 2. The van der Waals surface area contributed by atoms with E-state index in [0.29, 0.717) is 11.3 Å². The van der Waals surface area contributed by atoms with Crippen LogP contribution in [0.3, 0.4) is 0 Å². The molecule has 0 unspecified atom stereocenters. The van der Waals surface area contributed by atoms with Gasteiger partial charge in [0.1, 0.15) is 0 Å². The summed E-state index contributed by atoms with van der Waals surface area (Å²) in [7, 11) is -3.83. The minimum Gasteiger partial charge on any atom is -0.449 e. The summed E-state index contributed by atoms with van der Waals surface area (Å²) in [6.45, 7) is 1.75. The van der Waals surface area contributed by atoms with E-state index in [4.69, 9.17) is 14.9 Å². The summed E-state index contributed by atoms with van der Waals surface area (Å²) >= 11 is 0. The van der Waals surface area contributed by atoms with Crippen LogP contribution in [0.25, 0.3) is 10.9 Å². The third-order valence-corrected chi connectivity index (χ3v) is 6.67. The first-order valence-electron chi connectivity index (χ1n) is 10.8. The summed E-state index contributed by atoms with van der Waals surface area (Å²) in [5.74, 6) is -1.04. The number of carbonyl (C=O) groups excluding carboxylic acids is 2. The number of carbonyl (C=O) groups is 2. The molecule has 0 bridgehead atoms. The molecule has 3 aromatic rings. The molecule has 0 radical (unpaired) electrons. The number of nitrogens with zero attached hydrogens (tertiary/aromatic N) is 1. The van der Waals surface area contributed by atoms with E-state index in [1.54, 1.807) is 6.92 Å². The Labute approximate surface area is 192 Å². The molecular weight excluding hydrogens is 442 g/mol. The lowest BCUT2D eigenvalue weighted by atomic mass is 9.90. The van der Waals surface area contributed by atoms with Crippen molar-refractivity contribution in [3.63, 3.8) is 0 Å². The van der Waals surface area contributed by atoms with Gasteiger partial charge in [-0.05, 0) is 68.0 Å². The smallest absolute Gasteiger partial charge is 0.339 e. The molecule has 172 valence electrons. The summed E-state index contributed by atoms with van der Waals surface area (Å²) < 4.78 is 28.5. The highest BCUT2D eigenvalue weighted by molar-refractivity contribution is 7.89. The maximum atomic E-state index is 13.3. The molecule has 1 aliphatic rings. The molecule has 8 nitrogen and oxygen atoms in total. The van der Waals surface area contributed by atoms with E-state index in [1.165, 1.54) is 24.3 Å². The van der Waals surface area contributed by atoms with Crippen molar-refractivity contribution in [1.29, 1.82) is 0 Å².